The molecule has 0 radical (unpaired) electrons. The Morgan fingerprint density at radius 1 is 1.08 bits per heavy atom. The monoisotopic (exact) mass is 328 g/mol. The Kier molecular flexibility index (Phi) is 5.78. The lowest BCUT2D eigenvalue weighted by molar-refractivity contribution is -0.118. The molecule has 2 amide bonds. The van der Waals surface area contributed by atoms with Crippen molar-refractivity contribution in [2.45, 2.75) is 6.92 Å². The van der Waals surface area contributed by atoms with E-state index >= 15 is 0 Å². The zero-order valence-electron chi connectivity index (χ0n) is 13.9. The van der Waals surface area contributed by atoms with Crippen molar-refractivity contribution in [3.05, 3.63) is 48.5 Å². The van der Waals surface area contributed by atoms with Crippen LogP contribution in [0.4, 0.5) is 11.4 Å². The van der Waals surface area contributed by atoms with Gasteiger partial charge in [0.05, 0.1) is 12.8 Å². The lowest BCUT2D eigenvalue weighted by atomic mass is 10.3. The van der Waals surface area contributed by atoms with E-state index in [2.05, 4.69) is 5.32 Å². The minimum Gasteiger partial charge on any atom is -0.495 e. The molecule has 0 saturated heterocycles. The molecule has 0 aliphatic heterocycles. The maximum absolute atomic E-state index is 12.0. The van der Waals surface area contributed by atoms with Gasteiger partial charge in [0, 0.05) is 19.7 Å². The van der Waals surface area contributed by atoms with E-state index in [1.165, 1.54) is 11.8 Å². The molecule has 0 aliphatic carbocycles. The Morgan fingerprint density at radius 3 is 2.38 bits per heavy atom. The lowest BCUT2D eigenvalue weighted by Gasteiger charge is -2.15. The molecular formula is C18H20N2O4. The summed E-state index contributed by atoms with van der Waals surface area (Å²) in [5, 5.41) is 2.73. The molecule has 2 rings (SSSR count). The van der Waals surface area contributed by atoms with Crippen LogP contribution in [0.2, 0.25) is 0 Å². The van der Waals surface area contributed by atoms with Crippen molar-refractivity contribution < 1.29 is 19.1 Å². The van der Waals surface area contributed by atoms with E-state index in [0.29, 0.717) is 17.2 Å². The van der Waals surface area contributed by atoms with Gasteiger partial charge in [0.25, 0.3) is 5.91 Å². The quantitative estimate of drug-likeness (QED) is 0.885. The van der Waals surface area contributed by atoms with E-state index in [1.807, 2.05) is 12.1 Å². The van der Waals surface area contributed by atoms with Crippen LogP contribution in [-0.2, 0) is 9.59 Å². The summed E-state index contributed by atoms with van der Waals surface area (Å²) in [6.07, 6.45) is 0. The van der Waals surface area contributed by atoms with E-state index in [1.54, 1.807) is 50.6 Å². The standard InChI is InChI=1S/C18H20N2O4/c1-13(21)20(2)14-8-10-15(11-9-14)24-12-18(22)19-16-6-4-5-7-17(16)23-3/h4-11H,12H2,1-3H3,(H,19,22). The van der Waals surface area contributed by atoms with Crippen LogP contribution in [0.3, 0.4) is 0 Å². The van der Waals surface area contributed by atoms with Crippen LogP contribution in [0.5, 0.6) is 11.5 Å². The van der Waals surface area contributed by atoms with Gasteiger partial charge in [-0.3, -0.25) is 9.59 Å². The topological polar surface area (TPSA) is 67.9 Å². The molecule has 0 aliphatic rings. The highest BCUT2D eigenvalue weighted by Gasteiger charge is 2.09. The summed E-state index contributed by atoms with van der Waals surface area (Å²) in [7, 11) is 3.24. The molecule has 24 heavy (non-hydrogen) atoms. The Bertz CT molecular complexity index is 713. The van der Waals surface area contributed by atoms with Crippen molar-refractivity contribution in [3.63, 3.8) is 0 Å². The number of methoxy groups -OCH3 is 1. The van der Waals surface area contributed by atoms with Gasteiger partial charge in [0.2, 0.25) is 5.91 Å². The molecule has 0 bridgehead atoms. The number of hydrogen-bond acceptors (Lipinski definition) is 4. The third-order valence-electron chi connectivity index (χ3n) is 3.45. The molecule has 0 saturated carbocycles. The molecule has 6 heteroatoms. The predicted octanol–water partition coefficient (Wildman–Crippen LogP) is 2.70. The molecule has 0 aromatic heterocycles. The Balaban J connectivity index is 1.91. The summed E-state index contributed by atoms with van der Waals surface area (Å²) in [5.41, 5.74) is 1.35. The number of nitrogens with one attached hydrogen (secondary N) is 1. The van der Waals surface area contributed by atoms with E-state index < -0.39 is 0 Å². The van der Waals surface area contributed by atoms with Gasteiger partial charge in [0.1, 0.15) is 11.5 Å². The van der Waals surface area contributed by atoms with Crippen LogP contribution in [0.1, 0.15) is 6.92 Å². The summed E-state index contributed by atoms with van der Waals surface area (Å²) in [6.45, 7) is 1.37. The van der Waals surface area contributed by atoms with E-state index in [0.717, 1.165) is 5.69 Å². The molecule has 2 aromatic rings. The van der Waals surface area contributed by atoms with Crippen LogP contribution in [-0.4, -0.2) is 32.6 Å². The Labute approximate surface area is 141 Å². The second-order valence-electron chi connectivity index (χ2n) is 5.11. The highest BCUT2D eigenvalue weighted by Crippen LogP contribution is 2.23. The number of amides is 2. The van der Waals surface area contributed by atoms with Crippen molar-refractivity contribution in [3.8, 4) is 11.5 Å². The molecule has 0 atom stereocenters. The number of anilines is 2. The van der Waals surface area contributed by atoms with Crippen LogP contribution in [0.25, 0.3) is 0 Å². The first-order valence-corrected chi connectivity index (χ1v) is 7.41. The number of hydrogen-bond donors (Lipinski definition) is 1. The second kappa shape index (κ2) is 8.01. The first kappa shape index (κ1) is 17.3. The molecule has 1 N–H and O–H groups in total. The third kappa shape index (κ3) is 4.49. The van der Waals surface area contributed by atoms with Gasteiger partial charge in [-0.25, -0.2) is 0 Å². The summed E-state index contributed by atoms with van der Waals surface area (Å²) < 4.78 is 10.6. The smallest absolute Gasteiger partial charge is 0.262 e. The summed E-state index contributed by atoms with van der Waals surface area (Å²) in [6, 6.07) is 14.1. The largest absolute Gasteiger partial charge is 0.495 e. The molecule has 0 fully saturated rings. The summed E-state index contributed by atoms with van der Waals surface area (Å²) in [4.78, 5) is 24.8. The van der Waals surface area contributed by atoms with Crippen LogP contribution in [0.15, 0.2) is 48.5 Å². The van der Waals surface area contributed by atoms with Gasteiger partial charge in [-0.15, -0.1) is 0 Å². The molecule has 6 nitrogen and oxygen atoms in total. The maximum Gasteiger partial charge on any atom is 0.262 e. The number of para-hydroxylation sites is 2. The minimum atomic E-state index is -0.288. The molecular weight excluding hydrogens is 308 g/mol. The highest BCUT2D eigenvalue weighted by atomic mass is 16.5. The fourth-order valence-corrected chi connectivity index (χ4v) is 2.03. The average Bonchev–Trinajstić information content (AvgIpc) is 2.60. The van der Waals surface area contributed by atoms with Crippen LogP contribution >= 0.6 is 0 Å². The van der Waals surface area contributed by atoms with Crippen molar-refractivity contribution >= 4 is 23.2 Å². The first-order chi connectivity index (χ1) is 11.5. The van der Waals surface area contributed by atoms with Gasteiger partial charge in [0.15, 0.2) is 6.61 Å². The van der Waals surface area contributed by atoms with E-state index in [9.17, 15) is 9.59 Å². The van der Waals surface area contributed by atoms with Gasteiger partial charge in [-0.2, -0.15) is 0 Å². The fourth-order valence-electron chi connectivity index (χ4n) is 2.03. The maximum atomic E-state index is 12.0. The average molecular weight is 328 g/mol. The zero-order chi connectivity index (χ0) is 17.5. The number of benzene rings is 2. The van der Waals surface area contributed by atoms with Gasteiger partial charge >= 0.3 is 0 Å². The fraction of sp³-hybridized carbons (Fsp3) is 0.222. The number of carbonyl (C=O) groups is 2. The summed E-state index contributed by atoms with van der Waals surface area (Å²) in [5.74, 6) is 0.789. The van der Waals surface area contributed by atoms with Crippen LogP contribution in [0, 0.1) is 0 Å². The molecule has 0 heterocycles. The van der Waals surface area contributed by atoms with E-state index in [4.69, 9.17) is 9.47 Å². The van der Waals surface area contributed by atoms with Crippen molar-refractivity contribution in [1.29, 1.82) is 0 Å². The van der Waals surface area contributed by atoms with Crippen molar-refractivity contribution in [2.24, 2.45) is 0 Å². The molecule has 0 spiro atoms. The SMILES string of the molecule is COc1ccccc1NC(=O)COc1ccc(N(C)C(C)=O)cc1. The van der Waals surface area contributed by atoms with E-state index in [-0.39, 0.29) is 18.4 Å². The second-order valence-corrected chi connectivity index (χ2v) is 5.11. The number of carbonyl (C=O) groups excluding carboxylic acids is 2. The highest BCUT2D eigenvalue weighted by molar-refractivity contribution is 5.93. The first-order valence-electron chi connectivity index (χ1n) is 7.41. The number of rotatable bonds is 6. The normalized spacial score (nSPS) is 9.96. The Hall–Kier alpha value is -3.02. The molecule has 0 unspecified atom stereocenters. The Morgan fingerprint density at radius 2 is 1.75 bits per heavy atom. The number of nitrogens with zero attached hydrogens (tertiary/aromatic N) is 1. The van der Waals surface area contributed by atoms with Gasteiger partial charge in [-0.1, -0.05) is 12.1 Å². The molecule has 126 valence electrons. The summed E-state index contributed by atoms with van der Waals surface area (Å²) >= 11 is 0. The lowest BCUT2D eigenvalue weighted by Crippen LogP contribution is -2.22. The predicted molar refractivity (Wildman–Crippen MR) is 92.6 cm³/mol. The van der Waals surface area contributed by atoms with Gasteiger partial charge in [-0.05, 0) is 36.4 Å². The van der Waals surface area contributed by atoms with Crippen molar-refractivity contribution in [1.82, 2.24) is 0 Å². The zero-order valence-corrected chi connectivity index (χ0v) is 13.9. The third-order valence-corrected chi connectivity index (χ3v) is 3.45. The molecule has 2 aromatic carbocycles. The van der Waals surface area contributed by atoms with Gasteiger partial charge < -0.3 is 19.7 Å². The van der Waals surface area contributed by atoms with Crippen LogP contribution < -0.4 is 19.7 Å². The number of ether oxygens (including phenoxy) is 2. The van der Waals surface area contributed by atoms with Crippen molar-refractivity contribution in [2.75, 3.05) is 31.0 Å². The minimum absolute atomic E-state index is 0.0557.